The molecule has 1 N–H and O–H groups in total. The number of hydrogen-bond donors (Lipinski definition) is 1. The van der Waals surface area contributed by atoms with Gasteiger partial charge in [-0.1, -0.05) is 30.9 Å². The van der Waals surface area contributed by atoms with Gasteiger partial charge in [-0.25, -0.2) is 9.59 Å². The number of methoxy groups -OCH3 is 2. The Bertz CT molecular complexity index is 784. The summed E-state index contributed by atoms with van der Waals surface area (Å²) in [4.78, 5) is 25.4. The highest BCUT2D eigenvalue weighted by Crippen LogP contribution is 2.59. The second-order valence-electron chi connectivity index (χ2n) is 10.9. The molecule has 0 bridgehead atoms. The summed E-state index contributed by atoms with van der Waals surface area (Å²) in [6.45, 7) is 6.97. The average Bonchev–Trinajstić information content (AvgIpc) is 3.74. The minimum absolute atomic E-state index is 0.0399. The van der Waals surface area contributed by atoms with Crippen molar-refractivity contribution in [3.8, 4) is 0 Å². The Balaban J connectivity index is 1.44. The molecule has 0 aromatic carbocycles. The van der Waals surface area contributed by atoms with E-state index in [2.05, 4.69) is 32.2 Å². The van der Waals surface area contributed by atoms with Crippen LogP contribution >= 0.6 is 0 Å². The number of esters is 1. The summed E-state index contributed by atoms with van der Waals surface area (Å²) in [6.07, 6.45) is 8.23. The lowest BCUT2D eigenvalue weighted by Crippen LogP contribution is -2.57. The summed E-state index contributed by atoms with van der Waals surface area (Å²) in [6, 6.07) is -0.686. The number of ether oxygens (including phenoxy) is 5. The molecule has 7 atom stereocenters. The third kappa shape index (κ3) is 5.14. The molecule has 4 rings (SSSR count). The van der Waals surface area contributed by atoms with Crippen molar-refractivity contribution in [1.29, 1.82) is 0 Å². The van der Waals surface area contributed by atoms with Crippen molar-refractivity contribution in [1.82, 2.24) is 5.32 Å². The molecule has 8 nitrogen and oxygen atoms in total. The van der Waals surface area contributed by atoms with E-state index < -0.39 is 29.8 Å². The number of carbonyl (C=O) groups is 2. The molecule has 0 unspecified atom stereocenters. The number of carbonyl (C=O) groups excluding carboxylic acids is 2. The number of epoxide rings is 2. The topological polar surface area (TPSA) is 98.9 Å². The van der Waals surface area contributed by atoms with Crippen LogP contribution in [0.25, 0.3) is 0 Å². The van der Waals surface area contributed by atoms with Crippen molar-refractivity contribution in [2.45, 2.75) is 108 Å². The van der Waals surface area contributed by atoms with Gasteiger partial charge in [-0.2, -0.15) is 0 Å². The van der Waals surface area contributed by atoms with Crippen LogP contribution in [0.5, 0.6) is 0 Å². The van der Waals surface area contributed by atoms with Crippen molar-refractivity contribution in [2.24, 2.45) is 11.8 Å². The summed E-state index contributed by atoms with van der Waals surface area (Å²) < 4.78 is 29.0. The fourth-order valence-electron chi connectivity index (χ4n) is 6.33. The molecule has 0 aromatic rings. The highest BCUT2D eigenvalue weighted by molar-refractivity contribution is 5.81. The zero-order valence-electron chi connectivity index (χ0n) is 21.3. The molecule has 8 heteroatoms. The van der Waals surface area contributed by atoms with Crippen molar-refractivity contribution in [2.75, 3.05) is 20.8 Å². The van der Waals surface area contributed by atoms with E-state index in [9.17, 15) is 9.59 Å². The quantitative estimate of drug-likeness (QED) is 0.320. The van der Waals surface area contributed by atoms with Gasteiger partial charge in [0.05, 0.1) is 25.7 Å². The Morgan fingerprint density at radius 1 is 1.15 bits per heavy atom. The van der Waals surface area contributed by atoms with Gasteiger partial charge in [-0.05, 0) is 58.8 Å². The first-order chi connectivity index (χ1) is 16.2. The van der Waals surface area contributed by atoms with Crippen molar-refractivity contribution in [3.63, 3.8) is 0 Å². The zero-order valence-corrected chi connectivity index (χ0v) is 21.3. The van der Waals surface area contributed by atoms with E-state index in [1.54, 1.807) is 7.11 Å². The first-order valence-electron chi connectivity index (χ1n) is 12.8. The Hall–Kier alpha value is -1.64. The summed E-state index contributed by atoms with van der Waals surface area (Å²) in [5.74, 6) is -0.384. The second-order valence-corrected chi connectivity index (χ2v) is 10.9. The normalized spacial score (nSPS) is 38.0. The maximum Gasteiger partial charge on any atom is 0.408 e. The fourth-order valence-corrected chi connectivity index (χ4v) is 6.33. The number of rotatable bonds is 8. The lowest BCUT2D eigenvalue weighted by atomic mass is 9.68. The van der Waals surface area contributed by atoms with E-state index in [-0.39, 0.29) is 29.6 Å². The van der Waals surface area contributed by atoms with E-state index in [0.29, 0.717) is 13.0 Å². The molecule has 4 aliphatic rings. The summed E-state index contributed by atoms with van der Waals surface area (Å²) in [5, 5.41) is 2.81. The fraction of sp³-hybridized carbons (Fsp3) is 0.846. The number of hydrogen-bond acceptors (Lipinski definition) is 7. The van der Waals surface area contributed by atoms with Crippen LogP contribution in [0.3, 0.4) is 0 Å². The van der Waals surface area contributed by atoms with Crippen LogP contribution in [0.15, 0.2) is 11.6 Å². The third-order valence-electron chi connectivity index (χ3n) is 8.35. The first-order valence-corrected chi connectivity index (χ1v) is 12.8. The van der Waals surface area contributed by atoms with Crippen LogP contribution in [-0.4, -0.2) is 68.4 Å². The van der Waals surface area contributed by atoms with E-state index in [1.165, 1.54) is 12.7 Å². The van der Waals surface area contributed by atoms with Crippen LogP contribution in [0, 0.1) is 11.8 Å². The monoisotopic (exact) mass is 479 g/mol. The molecule has 2 saturated heterocycles. The van der Waals surface area contributed by atoms with Crippen LogP contribution in [0.1, 0.15) is 72.1 Å². The minimum atomic E-state index is -0.686. The molecule has 0 radical (unpaired) electrons. The Kier molecular flexibility index (Phi) is 7.60. The zero-order chi connectivity index (χ0) is 24.5. The van der Waals surface area contributed by atoms with Crippen molar-refractivity contribution in [3.05, 3.63) is 11.6 Å². The highest BCUT2D eigenvalue weighted by atomic mass is 16.6. The second kappa shape index (κ2) is 10.2. The van der Waals surface area contributed by atoms with E-state index in [1.807, 2.05) is 0 Å². The number of amides is 1. The molecule has 34 heavy (non-hydrogen) atoms. The molecule has 192 valence electrons. The predicted molar refractivity (Wildman–Crippen MR) is 125 cm³/mol. The van der Waals surface area contributed by atoms with Gasteiger partial charge in [0.25, 0.3) is 0 Å². The molecule has 2 aliphatic carbocycles. The van der Waals surface area contributed by atoms with Gasteiger partial charge in [0.1, 0.15) is 29.5 Å². The molecule has 4 fully saturated rings. The smallest absolute Gasteiger partial charge is 0.408 e. The summed E-state index contributed by atoms with van der Waals surface area (Å²) in [7, 11) is 3.01. The number of alkyl carbamates (subject to hydrolysis) is 1. The Labute approximate surface area is 203 Å². The lowest BCUT2D eigenvalue weighted by Gasteiger charge is -2.42. The number of nitrogens with one attached hydrogen (secondary N) is 1. The molecule has 2 aliphatic heterocycles. The summed E-state index contributed by atoms with van der Waals surface area (Å²) in [5.41, 5.74) is 0.596. The van der Waals surface area contributed by atoms with E-state index in [4.69, 9.17) is 23.7 Å². The van der Waals surface area contributed by atoms with Crippen molar-refractivity contribution >= 4 is 12.1 Å². The van der Waals surface area contributed by atoms with Crippen LogP contribution in [-0.2, 0) is 28.5 Å². The standard InChI is InChI=1S/C26H41NO7/c1-16(2)11-12-19-25(3,34-19)22-21(30-4)18(13-14-26(22)15-32-26)33-24(29)27-20(23(28)31-5)17-9-7-6-8-10-17/h11,17-22H,6-10,12-15H2,1-5H3,(H,27,29)/t18-,19-,20-,21-,22-,25-,26+/m1/s1. The Morgan fingerprint density at radius 3 is 2.44 bits per heavy atom. The average molecular weight is 480 g/mol. The predicted octanol–water partition coefficient (Wildman–Crippen LogP) is 3.91. The van der Waals surface area contributed by atoms with Gasteiger partial charge in [0, 0.05) is 7.11 Å². The molecule has 1 spiro atoms. The first kappa shape index (κ1) is 25.5. The highest BCUT2D eigenvalue weighted by Gasteiger charge is 2.72. The number of allylic oxidation sites excluding steroid dienone is 1. The van der Waals surface area contributed by atoms with Gasteiger partial charge in [0.2, 0.25) is 0 Å². The molecule has 2 heterocycles. The van der Waals surface area contributed by atoms with Gasteiger partial charge in [-0.3, -0.25) is 0 Å². The van der Waals surface area contributed by atoms with Crippen molar-refractivity contribution < 1.29 is 33.3 Å². The third-order valence-corrected chi connectivity index (χ3v) is 8.35. The maximum atomic E-state index is 13.0. The Morgan fingerprint density at radius 2 is 1.85 bits per heavy atom. The van der Waals surface area contributed by atoms with Gasteiger partial charge < -0.3 is 29.0 Å². The molecule has 1 amide bonds. The van der Waals surface area contributed by atoms with Gasteiger partial charge >= 0.3 is 12.1 Å². The van der Waals surface area contributed by atoms with E-state index >= 15 is 0 Å². The lowest BCUT2D eigenvalue weighted by molar-refractivity contribution is -0.145. The summed E-state index contributed by atoms with van der Waals surface area (Å²) >= 11 is 0. The maximum absolute atomic E-state index is 13.0. The van der Waals surface area contributed by atoms with Crippen LogP contribution in [0.4, 0.5) is 4.79 Å². The van der Waals surface area contributed by atoms with Crippen LogP contribution in [0.2, 0.25) is 0 Å². The van der Waals surface area contributed by atoms with E-state index in [0.717, 1.165) is 44.9 Å². The van der Waals surface area contributed by atoms with Gasteiger partial charge in [-0.15, -0.1) is 0 Å². The van der Waals surface area contributed by atoms with Gasteiger partial charge in [0.15, 0.2) is 0 Å². The molecular weight excluding hydrogens is 438 g/mol. The SMILES string of the molecule is COC(=O)[C@H](NC(=O)O[C@@H]1CC[C@]2(CO2)[C@@H]([C@]2(C)O[C@@H]2CC=C(C)C)[C@@H]1OC)C1CCCCC1. The largest absolute Gasteiger partial charge is 0.467 e. The minimum Gasteiger partial charge on any atom is -0.467 e. The molecule has 0 aromatic heterocycles. The molecule has 2 saturated carbocycles. The van der Waals surface area contributed by atoms with Crippen LogP contribution < -0.4 is 5.32 Å². The molecular formula is C26H41NO7.